The summed E-state index contributed by atoms with van der Waals surface area (Å²) in [6.45, 7) is 0.383. The van der Waals surface area contributed by atoms with Crippen molar-refractivity contribution in [1.82, 2.24) is 9.80 Å². The summed E-state index contributed by atoms with van der Waals surface area (Å²) in [5.74, 6) is -1.25. The lowest BCUT2D eigenvalue weighted by Gasteiger charge is -2.23. The van der Waals surface area contributed by atoms with E-state index < -0.39 is 5.91 Å². The van der Waals surface area contributed by atoms with Crippen molar-refractivity contribution in [2.75, 3.05) is 7.05 Å². The fraction of sp³-hybridized carbons (Fsp3) is 0.250. The van der Waals surface area contributed by atoms with E-state index in [1.807, 2.05) is 0 Å². The number of amides is 3. The molecule has 2 aliphatic rings. The third-order valence-electron chi connectivity index (χ3n) is 4.85. The topological polar surface area (TPSA) is 57.7 Å². The molecule has 1 heterocycles. The molecule has 6 heteroatoms. The Morgan fingerprint density at radius 3 is 2.38 bits per heavy atom. The first-order chi connectivity index (χ1) is 12.5. The molecule has 1 aliphatic carbocycles. The van der Waals surface area contributed by atoms with Crippen LogP contribution in [-0.2, 0) is 6.54 Å². The number of benzene rings is 2. The highest BCUT2D eigenvalue weighted by Gasteiger charge is 2.36. The van der Waals surface area contributed by atoms with Gasteiger partial charge in [-0.3, -0.25) is 19.3 Å². The average molecular weight is 352 g/mol. The minimum Gasteiger partial charge on any atom is -0.331 e. The Labute approximate surface area is 150 Å². The first-order valence-corrected chi connectivity index (χ1v) is 8.47. The summed E-state index contributed by atoms with van der Waals surface area (Å²) < 4.78 is 13.1. The molecule has 1 aliphatic heterocycles. The monoisotopic (exact) mass is 352 g/mol. The normalized spacial score (nSPS) is 16.0. The summed E-state index contributed by atoms with van der Waals surface area (Å²) in [6.07, 6.45) is 1.86. The van der Waals surface area contributed by atoms with Gasteiger partial charge in [0, 0.05) is 25.2 Å². The zero-order valence-electron chi connectivity index (χ0n) is 14.2. The maximum absolute atomic E-state index is 13.1. The Bertz CT molecular complexity index is 919. The van der Waals surface area contributed by atoms with E-state index in [0.717, 1.165) is 23.3 Å². The maximum Gasteiger partial charge on any atom is 0.261 e. The van der Waals surface area contributed by atoms with E-state index in [1.54, 1.807) is 23.1 Å². The third-order valence-corrected chi connectivity index (χ3v) is 4.85. The fourth-order valence-electron chi connectivity index (χ4n) is 3.20. The zero-order valence-corrected chi connectivity index (χ0v) is 14.2. The van der Waals surface area contributed by atoms with Gasteiger partial charge in [-0.1, -0.05) is 12.1 Å². The number of rotatable bonds is 4. The molecule has 5 nitrogen and oxygen atoms in total. The van der Waals surface area contributed by atoms with Crippen LogP contribution in [-0.4, -0.2) is 40.6 Å². The molecule has 4 rings (SSSR count). The molecule has 2 aromatic carbocycles. The second-order valence-electron chi connectivity index (χ2n) is 6.72. The molecule has 0 N–H and O–H groups in total. The lowest BCUT2D eigenvalue weighted by Crippen LogP contribution is -2.32. The molecule has 0 bridgehead atoms. The van der Waals surface area contributed by atoms with E-state index in [9.17, 15) is 18.8 Å². The van der Waals surface area contributed by atoms with Crippen molar-refractivity contribution in [3.63, 3.8) is 0 Å². The average Bonchev–Trinajstić information content (AvgIpc) is 3.46. The maximum atomic E-state index is 13.1. The van der Waals surface area contributed by atoms with Crippen LogP contribution in [0.2, 0.25) is 0 Å². The van der Waals surface area contributed by atoms with Crippen LogP contribution in [0.3, 0.4) is 0 Å². The number of nitrogens with zero attached hydrogens (tertiary/aromatic N) is 2. The third kappa shape index (κ3) is 2.77. The number of imide groups is 1. The van der Waals surface area contributed by atoms with Gasteiger partial charge < -0.3 is 4.90 Å². The summed E-state index contributed by atoms with van der Waals surface area (Å²) in [4.78, 5) is 40.0. The molecule has 3 amide bonds. The fourth-order valence-corrected chi connectivity index (χ4v) is 3.20. The quantitative estimate of drug-likeness (QED) is 0.795. The van der Waals surface area contributed by atoms with Crippen molar-refractivity contribution in [3.8, 4) is 0 Å². The van der Waals surface area contributed by atoms with Gasteiger partial charge in [-0.2, -0.15) is 0 Å². The second-order valence-corrected chi connectivity index (χ2v) is 6.72. The second kappa shape index (κ2) is 6.05. The van der Waals surface area contributed by atoms with Crippen LogP contribution in [0, 0.1) is 5.82 Å². The number of hydrogen-bond donors (Lipinski definition) is 0. The SMILES string of the molecule is CN1C(=O)c2ccc(C(=O)N(Cc3ccc(F)cc3)C3CC3)cc2C1=O. The number of hydrogen-bond acceptors (Lipinski definition) is 3. The molecule has 0 unspecified atom stereocenters. The predicted molar refractivity (Wildman–Crippen MR) is 92.2 cm³/mol. The highest BCUT2D eigenvalue weighted by molar-refractivity contribution is 6.21. The van der Waals surface area contributed by atoms with Crippen LogP contribution < -0.4 is 0 Å². The summed E-state index contributed by atoms with van der Waals surface area (Å²) in [7, 11) is 1.43. The van der Waals surface area contributed by atoms with E-state index in [1.165, 1.54) is 31.3 Å². The van der Waals surface area contributed by atoms with Crippen LogP contribution in [0.1, 0.15) is 49.5 Å². The van der Waals surface area contributed by atoms with Crippen LogP contribution in [0.25, 0.3) is 0 Å². The Kier molecular flexibility index (Phi) is 3.83. The van der Waals surface area contributed by atoms with Gasteiger partial charge >= 0.3 is 0 Å². The molecule has 0 radical (unpaired) electrons. The van der Waals surface area contributed by atoms with Crippen molar-refractivity contribution in [3.05, 3.63) is 70.5 Å². The molecule has 0 saturated heterocycles. The number of halogens is 1. The van der Waals surface area contributed by atoms with Gasteiger partial charge in [0.25, 0.3) is 17.7 Å². The van der Waals surface area contributed by atoms with Crippen molar-refractivity contribution in [1.29, 1.82) is 0 Å². The minimum absolute atomic E-state index is 0.154. The lowest BCUT2D eigenvalue weighted by atomic mass is 10.0. The van der Waals surface area contributed by atoms with Crippen LogP contribution in [0.4, 0.5) is 4.39 Å². The summed E-state index contributed by atoms with van der Waals surface area (Å²) >= 11 is 0. The molecule has 26 heavy (non-hydrogen) atoms. The molecule has 0 atom stereocenters. The molecule has 0 spiro atoms. The first kappa shape index (κ1) is 16.4. The highest BCUT2D eigenvalue weighted by Crippen LogP contribution is 2.31. The van der Waals surface area contributed by atoms with Gasteiger partial charge in [-0.05, 0) is 48.7 Å². The van der Waals surface area contributed by atoms with E-state index in [0.29, 0.717) is 17.7 Å². The van der Waals surface area contributed by atoms with Crippen molar-refractivity contribution < 1.29 is 18.8 Å². The Morgan fingerprint density at radius 2 is 1.73 bits per heavy atom. The summed E-state index contributed by atoms with van der Waals surface area (Å²) in [5.41, 5.74) is 1.82. The van der Waals surface area contributed by atoms with Crippen molar-refractivity contribution in [2.45, 2.75) is 25.4 Å². The largest absolute Gasteiger partial charge is 0.331 e. The molecule has 132 valence electrons. The van der Waals surface area contributed by atoms with Crippen LogP contribution >= 0.6 is 0 Å². The van der Waals surface area contributed by atoms with Crippen molar-refractivity contribution >= 4 is 17.7 Å². The summed E-state index contributed by atoms with van der Waals surface area (Å²) in [6, 6.07) is 10.9. The van der Waals surface area contributed by atoms with Gasteiger partial charge in [-0.15, -0.1) is 0 Å². The van der Waals surface area contributed by atoms with E-state index >= 15 is 0 Å². The minimum atomic E-state index is -0.392. The van der Waals surface area contributed by atoms with E-state index in [-0.39, 0.29) is 29.2 Å². The smallest absolute Gasteiger partial charge is 0.261 e. The molecule has 1 fully saturated rings. The zero-order chi connectivity index (χ0) is 18.4. The Balaban J connectivity index is 1.62. The molecular weight excluding hydrogens is 335 g/mol. The van der Waals surface area contributed by atoms with Gasteiger partial charge in [0.2, 0.25) is 0 Å². The van der Waals surface area contributed by atoms with Gasteiger partial charge in [0.1, 0.15) is 5.82 Å². The Morgan fingerprint density at radius 1 is 1.08 bits per heavy atom. The van der Waals surface area contributed by atoms with Gasteiger partial charge in [0.15, 0.2) is 0 Å². The molecular formula is C20H17FN2O3. The highest BCUT2D eigenvalue weighted by atomic mass is 19.1. The lowest BCUT2D eigenvalue weighted by molar-refractivity contribution is 0.0691. The van der Waals surface area contributed by atoms with Gasteiger partial charge in [-0.25, -0.2) is 4.39 Å². The summed E-state index contributed by atoms with van der Waals surface area (Å²) in [5, 5.41) is 0. The number of carbonyl (C=O) groups excluding carboxylic acids is 3. The molecule has 2 aromatic rings. The Hall–Kier alpha value is -3.02. The number of fused-ring (bicyclic) bond motifs is 1. The first-order valence-electron chi connectivity index (χ1n) is 8.47. The number of carbonyl (C=O) groups is 3. The molecule has 0 aromatic heterocycles. The van der Waals surface area contributed by atoms with Gasteiger partial charge in [0.05, 0.1) is 11.1 Å². The van der Waals surface area contributed by atoms with Crippen LogP contribution in [0.5, 0.6) is 0 Å². The van der Waals surface area contributed by atoms with Crippen LogP contribution in [0.15, 0.2) is 42.5 Å². The van der Waals surface area contributed by atoms with Crippen molar-refractivity contribution in [2.24, 2.45) is 0 Å². The predicted octanol–water partition coefficient (Wildman–Crippen LogP) is 2.86. The standard InChI is InChI=1S/C20H17FN2O3/c1-22-19(25)16-9-4-13(10-17(16)20(22)26)18(24)23(15-7-8-15)11-12-2-5-14(21)6-3-12/h2-6,9-10,15H,7-8,11H2,1H3. The molecule has 1 saturated carbocycles. The van der Waals surface area contributed by atoms with E-state index in [2.05, 4.69) is 0 Å². The van der Waals surface area contributed by atoms with E-state index in [4.69, 9.17) is 0 Å².